The molecule has 0 bridgehead atoms. The predicted octanol–water partition coefficient (Wildman–Crippen LogP) is 13.6. The lowest BCUT2D eigenvalue weighted by Crippen LogP contribution is -2.06. The Morgan fingerprint density at radius 1 is 0.207 bits per heavy atom. The molecule has 0 saturated carbocycles. The van der Waals surface area contributed by atoms with Gasteiger partial charge in [0.2, 0.25) is 23.3 Å². The van der Waals surface area contributed by atoms with Gasteiger partial charge in [-0.15, -0.1) is 47.0 Å². The van der Waals surface area contributed by atoms with Crippen molar-refractivity contribution in [3.8, 4) is 0 Å². The second kappa shape index (κ2) is 17.8. The molecular weight excluding hydrogens is 917 g/mol. The lowest BCUT2D eigenvalue weighted by molar-refractivity contribution is 0.360. The van der Waals surface area contributed by atoms with E-state index in [-0.39, 0.29) is 47.0 Å². The van der Waals surface area contributed by atoms with Gasteiger partial charge in [0.15, 0.2) is 93.1 Å². The van der Waals surface area contributed by atoms with Crippen molar-refractivity contribution in [3.05, 3.63) is 151 Å². The summed E-state index contributed by atoms with van der Waals surface area (Å²) in [6.45, 7) is 0. The zero-order valence-corrected chi connectivity index (χ0v) is 30.4. The van der Waals surface area contributed by atoms with E-state index in [4.69, 9.17) is 0 Å². The topological polar surface area (TPSA) is 0 Å². The van der Waals surface area contributed by atoms with Gasteiger partial charge < -0.3 is 0 Å². The Kier molecular flexibility index (Phi) is 13.8. The summed E-state index contributed by atoms with van der Waals surface area (Å²) in [5.41, 5.74) is -1.65. The minimum Gasteiger partial charge on any atom is -0.202 e. The van der Waals surface area contributed by atoms with Crippen LogP contribution in [0.15, 0.2) is 31.7 Å². The maximum Gasteiger partial charge on any atom is 0.200 e. The van der Waals surface area contributed by atoms with Crippen LogP contribution < -0.4 is 0 Å². The highest BCUT2D eigenvalue weighted by molar-refractivity contribution is 7.99. The summed E-state index contributed by atoms with van der Waals surface area (Å²) < 4.78 is 283. The van der Waals surface area contributed by atoms with Gasteiger partial charge >= 0.3 is 0 Å². The quantitative estimate of drug-likeness (QED) is 0.0529. The average molecular weight is 927 g/mol. The maximum absolute atomic E-state index is 14.6. The largest absolute Gasteiger partial charge is 0.202 e. The lowest BCUT2D eigenvalue weighted by atomic mass is 10.0. The molecule has 0 nitrogen and oxygen atoms in total. The number of hydrogen-bond acceptors (Lipinski definition) is 4. The molecule has 0 atom stereocenters. The monoisotopic (exact) mass is 926 g/mol. The van der Waals surface area contributed by atoms with E-state index in [1.165, 1.54) is 0 Å². The standard InChI is InChI=1S/C34H10F20S4/c35-11-15(39)23(47)31(24(48)16(11)40)55-3-7-1-8(4-56-32-25(49)17(41)12(36)18(42)26(32)50)10(6-58-34-29(53)21(45)14(38)22(46)30(34)54)2-9(7)5-57-33-27(51)19(43)13(37)20(44)28(33)52/h1-2H,3-6H2. The molecule has 0 N–H and O–H groups in total. The Labute approximate surface area is 327 Å². The smallest absolute Gasteiger partial charge is 0.200 e. The number of thioether (sulfide) groups is 4. The van der Waals surface area contributed by atoms with Crippen molar-refractivity contribution in [2.24, 2.45) is 0 Å². The molecule has 0 aliphatic heterocycles. The van der Waals surface area contributed by atoms with Gasteiger partial charge in [-0.2, -0.15) is 0 Å². The van der Waals surface area contributed by atoms with E-state index in [9.17, 15) is 87.8 Å². The van der Waals surface area contributed by atoms with Gasteiger partial charge in [-0.1, -0.05) is 12.1 Å². The zero-order valence-electron chi connectivity index (χ0n) is 27.2. The van der Waals surface area contributed by atoms with Crippen LogP contribution in [0.3, 0.4) is 0 Å². The molecule has 0 aromatic heterocycles. The Morgan fingerprint density at radius 3 is 0.466 bits per heavy atom. The fourth-order valence-corrected chi connectivity index (χ4v) is 8.78. The molecule has 5 aromatic rings. The third kappa shape index (κ3) is 8.29. The van der Waals surface area contributed by atoms with Crippen molar-refractivity contribution >= 4 is 47.0 Å². The minimum absolute atomic E-state index is 0.144. The van der Waals surface area contributed by atoms with Crippen molar-refractivity contribution in [3.63, 3.8) is 0 Å². The number of rotatable bonds is 12. The van der Waals surface area contributed by atoms with Gasteiger partial charge in [0.25, 0.3) is 0 Å². The highest BCUT2D eigenvalue weighted by Crippen LogP contribution is 2.41. The third-order valence-electron chi connectivity index (χ3n) is 7.69. The maximum atomic E-state index is 14.6. The molecule has 0 saturated heterocycles. The minimum atomic E-state index is -2.57. The first kappa shape index (κ1) is 45.2. The molecule has 5 rings (SSSR count). The van der Waals surface area contributed by atoms with Gasteiger partial charge in [-0.25, -0.2) is 87.8 Å². The molecule has 0 unspecified atom stereocenters. The molecule has 0 amide bonds. The first-order valence-electron chi connectivity index (χ1n) is 14.8. The lowest BCUT2D eigenvalue weighted by Gasteiger charge is -2.18. The molecule has 24 heteroatoms. The SMILES string of the molecule is Fc1c(F)c(F)c(SCc2cc(CSc3c(F)c(F)c(F)c(F)c3F)c(CSc3c(F)c(F)c(F)c(F)c3F)cc2CSc2c(F)c(F)c(F)c(F)c2F)c(F)c1F. The summed E-state index contributed by atoms with van der Waals surface area (Å²) in [4.78, 5) is -6.12. The molecule has 310 valence electrons. The van der Waals surface area contributed by atoms with Crippen LogP contribution in [0.1, 0.15) is 22.3 Å². The fraction of sp³-hybridized carbons (Fsp3) is 0.118. The van der Waals surface area contributed by atoms with Crippen LogP contribution in [0.5, 0.6) is 0 Å². The van der Waals surface area contributed by atoms with Gasteiger partial charge in [0, 0.05) is 23.0 Å². The van der Waals surface area contributed by atoms with E-state index in [0.29, 0.717) is 0 Å². The number of hydrogen-bond donors (Lipinski definition) is 0. The molecule has 0 aliphatic carbocycles. The van der Waals surface area contributed by atoms with Crippen molar-refractivity contribution in [2.75, 3.05) is 0 Å². The second-order valence-electron chi connectivity index (χ2n) is 11.1. The molecule has 0 heterocycles. The second-order valence-corrected chi connectivity index (χ2v) is 15.1. The van der Waals surface area contributed by atoms with Crippen LogP contribution in [0.2, 0.25) is 0 Å². The fourth-order valence-electron chi connectivity index (χ4n) is 4.77. The van der Waals surface area contributed by atoms with E-state index >= 15 is 0 Å². The van der Waals surface area contributed by atoms with Gasteiger partial charge in [0.1, 0.15) is 0 Å². The summed E-state index contributed by atoms with van der Waals surface area (Å²) >= 11 is -0.575. The third-order valence-corrected chi connectivity index (χ3v) is 12.1. The summed E-state index contributed by atoms with van der Waals surface area (Å²) in [7, 11) is 0. The predicted molar refractivity (Wildman–Crippen MR) is 170 cm³/mol. The van der Waals surface area contributed by atoms with Crippen molar-refractivity contribution in [2.45, 2.75) is 42.6 Å². The molecule has 58 heavy (non-hydrogen) atoms. The molecule has 5 aromatic carbocycles. The molecular formula is C34H10F20S4. The van der Waals surface area contributed by atoms with E-state index in [2.05, 4.69) is 0 Å². The van der Waals surface area contributed by atoms with Crippen LogP contribution in [0.4, 0.5) is 87.8 Å². The first-order valence-corrected chi connectivity index (χ1v) is 18.8. The Hall–Kier alpha value is -3.90. The summed E-state index contributed by atoms with van der Waals surface area (Å²) in [5, 5.41) is 0. The Bertz CT molecular complexity index is 2040. The summed E-state index contributed by atoms with van der Waals surface area (Å²) in [5.74, 6) is -52.3. The summed E-state index contributed by atoms with van der Waals surface area (Å²) in [6.07, 6.45) is 0. The van der Waals surface area contributed by atoms with Crippen LogP contribution in [0, 0.1) is 116 Å². The number of halogens is 20. The van der Waals surface area contributed by atoms with E-state index in [0.717, 1.165) is 12.1 Å². The van der Waals surface area contributed by atoms with Gasteiger partial charge in [0.05, 0.1) is 19.6 Å². The summed E-state index contributed by atoms with van der Waals surface area (Å²) in [6, 6.07) is 1.64. The van der Waals surface area contributed by atoms with E-state index in [1.807, 2.05) is 0 Å². The van der Waals surface area contributed by atoms with Crippen LogP contribution in [-0.2, 0) is 23.0 Å². The van der Waals surface area contributed by atoms with Crippen molar-refractivity contribution in [1.29, 1.82) is 0 Å². The average Bonchev–Trinajstić information content (AvgIpc) is 3.21. The number of benzene rings is 5. The Balaban J connectivity index is 1.67. The van der Waals surface area contributed by atoms with Crippen molar-refractivity contribution in [1.82, 2.24) is 0 Å². The van der Waals surface area contributed by atoms with Gasteiger partial charge in [-0.3, -0.25) is 0 Å². The molecule has 0 aliphatic rings. The van der Waals surface area contributed by atoms with Crippen LogP contribution >= 0.6 is 47.0 Å². The van der Waals surface area contributed by atoms with Gasteiger partial charge in [-0.05, 0) is 22.3 Å². The Morgan fingerprint density at radius 2 is 0.328 bits per heavy atom. The molecule has 0 spiro atoms. The normalized spacial score (nSPS) is 11.7. The zero-order chi connectivity index (χ0) is 43.2. The highest BCUT2D eigenvalue weighted by Gasteiger charge is 2.31. The first-order chi connectivity index (χ1) is 27.1. The molecule has 0 fully saturated rings. The van der Waals surface area contributed by atoms with E-state index < -0.39 is 181 Å². The van der Waals surface area contributed by atoms with Crippen LogP contribution in [0.25, 0.3) is 0 Å². The molecule has 0 radical (unpaired) electrons. The van der Waals surface area contributed by atoms with Crippen molar-refractivity contribution < 1.29 is 87.8 Å². The van der Waals surface area contributed by atoms with E-state index in [1.54, 1.807) is 0 Å². The van der Waals surface area contributed by atoms with Crippen LogP contribution in [-0.4, -0.2) is 0 Å². The highest BCUT2D eigenvalue weighted by atomic mass is 32.2.